The van der Waals surface area contributed by atoms with Crippen LogP contribution in [0.25, 0.3) is 10.2 Å². The molecule has 0 unspecified atom stereocenters. The number of fused-ring (bicyclic) bond motifs is 1. The van der Waals surface area contributed by atoms with E-state index in [1.54, 1.807) is 54.6 Å². The largest absolute Gasteiger partial charge is 0.326 e. The molecule has 0 bridgehead atoms. The molecular weight excluding hydrogens is 448 g/mol. The Labute approximate surface area is 188 Å². The van der Waals surface area contributed by atoms with Crippen molar-refractivity contribution in [3.63, 3.8) is 0 Å². The van der Waals surface area contributed by atoms with Crippen LogP contribution in [0.4, 0.5) is 16.5 Å². The maximum Gasteiger partial charge on any atom is 0.261 e. The molecule has 8 nitrogen and oxygen atoms in total. The van der Waals surface area contributed by atoms with Crippen LogP contribution in [0.15, 0.2) is 77.7 Å². The average molecular weight is 467 g/mol. The highest BCUT2D eigenvalue weighted by atomic mass is 32.2. The number of rotatable bonds is 6. The predicted octanol–water partition coefficient (Wildman–Crippen LogP) is 4.31. The van der Waals surface area contributed by atoms with Crippen molar-refractivity contribution in [1.29, 1.82) is 0 Å². The molecule has 0 saturated carbocycles. The van der Waals surface area contributed by atoms with E-state index in [1.165, 1.54) is 36.5 Å². The zero-order chi connectivity index (χ0) is 22.7. The molecule has 1 aromatic heterocycles. The standard InChI is InChI=1S/C22H18N4O4S2/c1-14(27)23-16-10-11-19-20(13-16)31-22(24-19)25-21(28)15-6-5-7-17(12-15)26-32(29,30)18-8-3-2-4-9-18/h2-13,26H,1H3,(H,23,27)(H,24,25,28). The summed E-state index contributed by atoms with van der Waals surface area (Å²) in [6.07, 6.45) is 0. The van der Waals surface area contributed by atoms with E-state index in [-0.39, 0.29) is 22.1 Å². The predicted molar refractivity (Wildman–Crippen MR) is 126 cm³/mol. The van der Waals surface area contributed by atoms with Crippen molar-refractivity contribution >= 4 is 59.9 Å². The summed E-state index contributed by atoms with van der Waals surface area (Å²) in [5.74, 6) is -0.600. The molecule has 1 heterocycles. The molecule has 0 fully saturated rings. The summed E-state index contributed by atoms with van der Waals surface area (Å²) in [6.45, 7) is 1.43. The molecule has 32 heavy (non-hydrogen) atoms. The van der Waals surface area contributed by atoms with Crippen molar-refractivity contribution in [1.82, 2.24) is 4.98 Å². The summed E-state index contributed by atoms with van der Waals surface area (Å²) in [7, 11) is -3.77. The Morgan fingerprint density at radius 3 is 2.41 bits per heavy atom. The highest BCUT2D eigenvalue weighted by Gasteiger charge is 2.15. The minimum atomic E-state index is -3.77. The SMILES string of the molecule is CC(=O)Nc1ccc2nc(NC(=O)c3cccc(NS(=O)(=O)c4ccccc4)c3)sc2c1. The van der Waals surface area contributed by atoms with Gasteiger partial charge in [-0.25, -0.2) is 13.4 Å². The van der Waals surface area contributed by atoms with E-state index >= 15 is 0 Å². The third-order valence-electron chi connectivity index (χ3n) is 4.36. The van der Waals surface area contributed by atoms with Gasteiger partial charge in [0.2, 0.25) is 5.91 Å². The van der Waals surface area contributed by atoms with Crippen molar-refractivity contribution in [2.45, 2.75) is 11.8 Å². The minimum Gasteiger partial charge on any atom is -0.326 e. The van der Waals surface area contributed by atoms with Gasteiger partial charge < -0.3 is 5.32 Å². The fraction of sp³-hybridized carbons (Fsp3) is 0.0455. The van der Waals surface area contributed by atoms with Gasteiger partial charge in [0.15, 0.2) is 5.13 Å². The third kappa shape index (κ3) is 4.93. The monoisotopic (exact) mass is 466 g/mol. The summed E-state index contributed by atoms with van der Waals surface area (Å²) < 4.78 is 28.3. The van der Waals surface area contributed by atoms with Crippen LogP contribution in [-0.2, 0) is 14.8 Å². The first kappa shape index (κ1) is 21.5. The van der Waals surface area contributed by atoms with Gasteiger partial charge >= 0.3 is 0 Å². The van der Waals surface area contributed by atoms with Crippen molar-refractivity contribution in [3.8, 4) is 0 Å². The first-order valence-electron chi connectivity index (χ1n) is 9.48. The first-order valence-corrected chi connectivity index (χ1v) is 11.8. The van der Waals surface area contributed by atoms with Gasteiger partial charge in [0.25, 0.3) is 15.9 Å². The molecule has 0 aliphatic heterocycles. The molecule has 0 aliphatic carbocycles. The van der Waals surface area contributed by atoms with Crippen LogP contribution in [-0.4, -0.2) is 25.2 Å². The first-order chi connectivity index (χ1) is 15.3. The summed E-state index contributed by atoms with van der Waals surface area (Å²) >= 11 is 1.27. The number of nitrogens with zero attached hydrogens (tertiary/aromatic N) is 1. The number of carbonyl (C=O) groups excluding carboxylic acids is 2. The molecule has 10 heteroatoms. The summed E-state index contributed by atoms with van der Waals surface area (Å²) in [4.78, 5) is 28.5. The molecule has 0 saturated heterocycles. The quantitative estimate of drug-likeness (QED) is 0.391. The lowest BCUT2D eigenvalue weighted by Gasteiger charge is -2.09. The van der Waals surface area contributed by atoms with Gasteiger partial charge in [0, 0.05) is 23.9 Å². The van der Waals surface area contributed by atoms with Crippen LogP contribution in [0.1, 0.15) is 17.3 Å². The van der Waals surface area contributed by atoms with Crippen molar-refractivity contribution in [3.05, 3.63) is 78.4 Å². The maximum atomic E-state index is 12.7. The second-order valence-corrected chi connectivity index (χ2v) is 9.55. The number of aromatic nitrogens is 1. The molecule has 3 N–H and O–H groups in total. The van der Waals surface area contributed by atoms with E-state index in [9.17, 15) is 18.0 Å². The van der Waals surface area contributed by atoms with E-state index in [4.69, 9.17) is 0 Å². The van der Waals surface area contributed by atoms with Crippen LogP contribution in [0.2, 0.25) is 0 Å². The zero-order valence-corrected chi connectivity index (χ0v) is 18.5. The summed E-state index contributed by atoms with van der Waals surface area (Å²) in [5.41, 5.74) is 1.87. The van der Waals surface area contributed by atoms with Gasteiger partial charge in [-0.15, -0.1) is 0 Å². The van der Waals surface area contributed by atoms with E-state index in [1.807, 2.05) is 0 Å². The Bertz CT molecular complexity index is 1420. The van der Waals surface area contributed by atoms with E-state index in [0.29, 0.717) is 16.3 Å². The molecule has 162 valence electrons. The van der Waals surface area contributed by atoms with Crippen LogP contribution < -0.4 is 15.4 Å². The van der Waals surface area contributed by atoms with E-state index in [2.05, 4.69) is 20.3 Å². The molecule has 2 amide bonds. The highest BCUT2D eigenvalue weighted by molar-refractivity contribution is 7.92. The fourth-order valence-corrected chi connectivity index (χ4v) is 4.94. The Hall–Kier alpha value is -3.76. The zero-order valence-electron chi connectivity index (χ0n) is 16.8. The summed E-state index contributed by atoms with van der Waals surface area (Å²) in [5, 5.41) is 5.83. The van der Waals surface area contributed by atoms with Gasteiger partial charge in [-0.05, 0) is 48.5 Å². The maximum absolute atomic E-state index is 12.7. The second-order valence-electron chi connectivity index (χ2n) is 6.84. The Kier molecular flexibility index (Phi) is 5.89. The molecule has 0 aliphatic rings. The molecule has 4 rings (SSSR count). The number of nitrogens with one attached hydrogen (secondary N) is 3. The molecule has 0 spiro atoms. The normalized spacial score (nSPS) is 11.2. The fourth-order valence-electron chi connectivity index (χ4n) is 2.97. The number of benzene rings is 3. The van der Waals surface area contributed by atoms with Gasteiger partial charge in [0.05, 0.1) is 15.1 Å². The smallest absolute Gasteiger partial charge is 0.261 e. The Morgan fingerprint density at radius 2 is 1.66 bits per heavy atom. The lowest BCUT2D eigenvalue weighted by molar-refractivity contribution is -0.114. The number of carbonyl (C=O) groups is 2. The number of hydrogen-bond donors (Lipinski definition) is 3. The van der Waals surface area contributed by atoms with Crippen molar-refractivity contribution in [2.24, 2.45) is 0 Å². The van der Waals surface area contributed by atoms with Crippen LogP contribution in [0, 0.1) is 0 Å². The number of amides is 2. The van der Waals surface area contributed by atoms with Gasteiger partial charge in [-0.2, -0.15) is 0 Å². The number of thiazole rings is 1. The topological polar surface area (TPSA) is 117 Å². The number of anilines is 3. The molecular formula is C22H18N4O4S2. The Morgan fingerprint density at radius 1 is 0.875 bits per heavy atom. The van der Waals surface area contributed by atoms with Gasteiger partial charge in [0.1, 0.15) is 0 Å². The summed E-state index contributed by atoms with van der Waals surface area (Å²) in [6, 6.07) is 19.4. The molecule has 3 aromatic carbocycles. The van der Waals surface area contributed by atoms with Gasteiger partial charge in [-0.1, -0.05) is 35.6 Å². The van der Waals surface area contributed by atoms with Crippen molar-refractivity contribution < 1.29 is 18.0 Å². The van der Waals surface area contributed by atoms with E-state index < -0.39 is 15.9 Å². The van der Waals surface area contributed by atoms with Crippen LogP contribution in [0.3, 0.4) is 0 Å². The molecule has 0 atom stereocenters. The minimum absolute atomic E-state index is 0.128. The lowest BCUT2D eigenvalue weighted by atomic mass is 10.2. The highest BCUT2D eigenvalue weighted by Crippen LogP contribution is 2.29. The van der Waals surface area contributed by atoms with Gasteiger partial charge in [-0.3, -0.25) is 19.6 Å². The average Bonchev–Trinajstić information content (AvgIpc) is 3.15. The molecule has 0 radical (unpaired) electrons. The third-order valence-corrected chi connectivity index (χ3v) is 6.69. The lowest BCUT2D eigenvalue weighted by Crippen LogP contribution is -2.15. The second kappa shape index (κ2) is 8.77. The number of sulfonamides is 1. The Balaban J connectivity index is 1.51. The van der Waals surface area contributed by atoms with Crippen LogP contribution >= 0.6 is 11.3 Å². The number of hydrogen-bond acceptors (Lipinski definition) is 6. The van der Waals surface area contributed by atoms with Crippen molar-refractivity contribution in [2.75, 3.05) is 15.4 Å². The molecule has 4 aromatic rings. The van der Waals surface area contributed by atoms with Crippen LogP contribution in [0.5, 0.6) is 0 Å². The van der Waals surface area contributed by atoms with E-state index in [0.717, 1.165) is 4.70 Å².